The van der Waals surface area contributed by atoms with Gasteiger partial charge >= 0.3 is 0 Å². The van der Waals surface area contributed by atoms with Crippen LogP contribution in [0.4, 0.5) is 21.6 Å². The second-order valence-electron chi connectivity index (χ2n) is 8.51. The average Bonchev–Trinajstić information content (AvgIpc) is 2.87. The minimum absolute atomic E-state index is 0.163. The second kappa shape index (κ2) is 11.1. The minimum Gasteiger partial charge on any atom is -0.358 e. The number of nitrogens with zero attached hydrogens (tertiary/aromatic N) is 3. The number of benzene rings is 2. The van der Waals surface area contributed by atoms with Gasteiger partial charge in [-0.3, -0.25) is 4.79 Å². The van der Waals surface area contributed by atoms with Crippen molar-refractivity contribution in [2.75, 3.05) is 49.5 Å². The topological polar surface area (TPSA) is 52.9 Å². The third kappa shape index (κ3) is 5.37. The molecule has 4 rings (SSSR count). The van der Waals surface area contributed by atoms with Gasteiger partial charge in [0.2, 0.25) is 0 Å². The molecule has 1 aliphatic heterocycles. The number of likely N-dealkylation sites (N-methyl/N-ethyl adjacent to an activating group) is 1. The number of anilines is 3. The number of aromatic nitrogens is 1. The van der Waals surface area contributed by atoms with Crippen LogP contribution in [0.25, 0.3) is 0 Å². The maximum Gasteiger partial charge on any atom is 0.285 e. The van der Waals surface area contributed by atoms with E-state index in [1.165, 1.54) is 11.0 Å². The van der Waals surface area contributed by atoms with Crippen molar-refractivity contribution in [2.45, 2.75) is 19.9 Å². The number of pyridine rings is 1. The molecule has 1 aromatic heterocycles. The van der Waals surface area contributed by atoms with Crippen LogP contribution in [0.1, 0.15) is 25.5 Å². The van der Waals surface area contributed by atoms with E-state index in [-0.39, 0.29) is 17.8 Å². The highest BCUT2D eigenvalue weighted by Gasteiger charge is 2.36. The fourth-order valence-electron chi connectivity index (χ4n) is 4.67. The van der Waals surface area contributed by atoms with Gasteiger partial charge < -0.3 is 20.0 Å². The Balaban J connectivity index is 1.46. The molecule has 1 aliphatic rings. The third-order valence-corrected chi connectivity index (χ3v) is 6.49. The van der Waals surface area contributed by atoms with Crippen molar-refractivity contribution in [3.63, 3.8) is 0 Å². The van der Waals surface area contributed by atoms with Gasteiger partial charge in [-0.05, 0) is 44.2 Å². The van der Waals surface area contributed by atoms with Gasteiger partial charge in [-0.2, -0.15) is 0 Å². The molecule has 1 unspecified atom stereocenters. The molecule has 1 atom stereocenters. The number of amides is 1. The lowest BCUT2D eigenvalue weighted by atomic mass is 10.0. The van der Waals surface area contributed by atoms with E-state index in [1.807, 2.05) is 79.4 Å². The molecule has 1 amide bonds. The molecular weight excluding hydrogens is 429 g/mol. The maximum absolute atomic E-state index is 15.0. The van der Waals surface area contributed by atoms with Crippen molar-refractivity contribution in [1.29, 1.82) is 0 Å². The number of rotatable bonds is 8. The summed E-state index contributed by atoms with van der Waals surface area (Å²) in [6, 6.07) is 20.6. The number of hydrogen-bond donors (Lipinski definition) is 2. The quantitative estimate of drug-likeness (QED) is 0.540. The first-order valence-electron chi connectivity index (χ1n) is 12.0. The summed E-state index contributed by atoms with van der Waals surface area (Å²) in [5.41, 5.74) is 2.30. The molecule has 34 heavy (non-hydrogen) atoms. The van der Waals surface area contributed by atoms with Gasteiger partial charge in [-0.25, -0.2) is 9.37 Å². The largest absolute Gasteiger partial charge is 0.358 e. The highest BCUT2D eigenvalue weighted by Crippen LogP contribution is 2.25. The Hall–Kier alpha value is -3.45. The molecule has 6 nitrogen and oxygen atoms in total. The molecule has 3 aromatic rings. The third-order valence-electron chi connectivity index (χ3n) is 6.49. The van der Waals surface area contributed by atoms with Crippen molar-refractivity contribution in [3.8, 4) is 0 Å². The first-order valence-corrected chi connectivity index (χ1v) is 12.0. The van der Waals surface area contributed by atoms with Crippen LogP contribution in [0.2, 0.25) is 0 Å². The number of nitrogens with one attached hydrogen (secondary N) is 2. The predicted octanol–water partition coefficient (Wildman–Crippen LogP) is 3.28. The summed E-state index contributed by atoms with van der Waals surface area (Å²) in [5.74, 6) is 0.579. The van der Waals surface area contributed by atoms with E-state index < -0.39 is 0 Å². The van der Waals surface area contributed by atoms with Crippen molar-refractivity contribution < 1.29 is 14.1 Å². The fourth-order valence-corrected chi connectivity index (χ4v) is 4.67. The number of carbonyl (C=O) groups excluding carboxylic acids is 1. The Morgan fingerprint density at radius 3 is 2.38 bits per heavy atom. The molecule has 2 heterocycles. The van der Waals surface area contributed by atoms with E-state index in [9.17, 15) is 4.79 Å². The SMILES string of the molecule is CCN(CC)C(=O)C(c1ccccc1)[NH+]1CCN(c2ccc(Nc3ccccn3)cc2F)CC1. The number of piperazine rings is 1. The van der Waals surface area contributed by atoms with Crippen LogP contribution < -0.4 is 15.1 Å². The van der Waals surface area contributed by atoms with Crippen LogP contribution >= 0.6 is 0 Å². The van der Waals surface area contributed by atoms with E-state index >= 15 is 4.39 Å². The van der Waals surface area contributed by atoms with Crippen LogP contribution in [0.5, 0.6) is 0 Å². The first kappa shape index (κ1) is 23.7. The standard InChI is InChI=1S/C27H32FN5O/c1-3-31(4-2)27(34)26(21-10-6-5-7-11-21)33-18-16-32(17-19-33)24-14-13-22(20-23(24)28)30-25-12-8-9-15-29-25/h5-15,20,26H,3-4,16-19H2,1-2H3,(H,29,30)/p+1. The molecule has 0 saturated carbocycles. The first-order chi connectivity index (χ1) is 16.6. The lowest BCUT2D eigenvalue weighted by molar-refractivity contribution is -0.923. The second-order valence-corrected chi connectivity index (χ2v) is 8.51. The average molecular weight is 463 g/mol. The van der Waals surface area contributed by atoms with E-state index in [0.29, 0.717) is 43.4 Å². The van der Waals surface area contributed by atoms with Crippen molar-refractivity contribution in [1.82, 2.24) is 9.88 Å². The van der Waals surface area contributed by atoms with Crippen LogP contribution in [0.3, 0.4) is 0 Å². The summed E-state index contributed by atoms with van der Waals surface area (Å²) in [6.45, 7) is 8.34. The normalized spacial score (nSPS) is 15.1. The summed E-state index contributed by atoms with van der Waals surface area (Å²) in [7, 11) is 0. The number of quaternary nitrogens is 1. The van der Waals surface area contributed by atoms with Gasteiger partial charge in [0.1, 0.15) is 11.6 Å². The Morgan fingerprint density at radius 2 is 1.76 bits per heavy atom. The monoisotopic (exact) mass is 462 g/mol. The van der Waals surface area contributed by atoms with Crippen LogP contribution in [-0.2, 0) is 4.79 Å². The lowest BCUT2D eigenvalue weighted by Crippen LogP contribution is -3.16. The maximum atomic E-state index is 15.0. The molecule has 0 radical (unpaired) electrons. The minimum atomic E-state index is -0.261. The van der Waals surface area contributed by atoms with Gasteiger partial charge in [0.25, 0.3) is 5.91 Å². The van der Waals surface area contributed by atoms with Crippen molar-refractivity contribution in [2.24, 2.45) is 0 Å². The summed E-state index contributed by atoms with van der Waals surface area (Å²) < 4.78 is 15.0. The highest BCUT2D eigenvalue weighted by molar-refractivity contribution is 5.82. The summed E-state index contributed by atoms with van der Waals surface area (Å²) in [5, 5.41) is 3.13. The Labute approximate surface area is 201 Å². The Kier molecular flexibility index (Phi) is 7.75. The molecule has 0 bridgehead atoms. The molecule has 2 N–H and O–H groups in total. The molecule has 7 heteroatoms. The predicted molar refractivity (Wildman–Crippen MR) is 134 cm³/mol. The zero-order valence-corrected chi connectivity index (χ0v) is 19.9. The van der Waals surface area contributed by atoms with Crippen molar-refractivity contribution in [3.05, 3.63) is 84.3 Å². The molecule has 1 saturated heterocycles. The van der Waals surface area contributed by atoms with Gasteiger partial charge in [0.15, 0.2) is 6.04 Å². The molecular formula is C27H33FN5O+. The molecule has 2 aromatic carbocycles. The summed E-state index contributed by atoms with van der Waals surface area (Å²) in [6.07, 6.45) is 1.70. The van der Waals surface area contributed by atoms with Crippen molar-refractivity contribution >= 4 is 23.1 Å². The Morgan fingerprint density at radius 1 is 1.06 bits per heavy atom. The highest BCUT2D eigenvalue weighted by atomic mass is 19.1. The fraction of sp³-hybridized carbons (Fsp3) is 0.333. The molecule has 1 fully saturated rings. The van der Waals surface area contributed by atoms with Gasteiger partial charge in [0, 0.05) is 30.5 Å². The van der Waals surface area contributed by atoms with E-state index in [0.717, 1.165) is 18.7 Å². The summed E-state index contributed by atoms with van der Waals surface area (Å²) >= 11 is 0. The van der Waals surface area contributed by atoms with Gasteiger partial charge in [0.05, 0.1) is 31.9 Å². The molecule has 0 spiro atoms. The Bertz CT molecular complexity index is 1070. The van der Waals surface area contributed by atoms with Crippen LogP contribution in [-0.4, -0.2) is 55.1 Å². The number of hydrogen-bond acceptors (Lipinski definition) is 4. The van der Waals surface area contributed by atoms with Crippen LogP contribution in [0.15, 0.2) is 72.9 Å². The van der Waals surface area contributed by atoms with Crippen LogP contribution in [0, 0.1) is 5.82 Å². The summed E-state index contributed by atoms with van der Waals surface area (Å²) in [4.78, 5) is 22.9. The van der Waals surface area contributed by atoms with Gasteiger partial charge in [-0.1, -0.05) is 36.4 Å². The van der Waals surface area contributed by atoms with Gasteiger partial charge in [-0.15, -0.1) is 0 Å². The smallest absolute Gasteiger partial charge is 0.285 e. The zero-order chi connectivity index (χ0) is 23.9. The number of halogens is 1. The molecule has 178 valence electrons. The van der Waals surface area contributed by atoms with E-state index in [4.69, 9.17) is 0 Å². The molecule has 0 aliphatic carbocycles. The van der Waals surface area contributed by atoms with E-state index in [2.05, 4.69) is 15.2 Å². The lowest BCUT2D eigenvalue weighted by Gasteiger charge is -2.38. The zero-order valence-electron chi connectivity index (χ0n) is 19.9. The van der Waals surface area contributed by atoms with E-state index in [1.54, 1.807) is 6.20 Å². The number of carbonyl (C=O) groups is 1.